The van der Waals surface area contributed by atoms with Crippen LogP contribution >= 0.6 is 0 Å². The lowest BCUT2D eigenvalue weighted by atomic mass is 10.3. The summed E-state index contributed by atoms with van der Waals surface area (Å²) in [4.78, 5) is 0. The molecule has 2 rings (SSSR count). The van der Waals surface area contributed by atoms with Crippen molar-refractivity contribution in [2.45, 2.75) is 19.0 Å². The number of hydrogen-bond donors (Lipinski definition) is 2. The molecule has 2 heterocycles. The number of rotatable bonds is 0. The third-order valence-electron chi connectivity index (χ3n) is 1.69. The van der Waals surface area contributed by atoms with Gasteiger partial charge < -0.3 is 10.6 Å². The van der Waals surface area contributed by atoms with Crippen molar-refractivity contribution in [1.82, 2.24) is 10.6 Å². The maximum atomic E-state index is 11.5. The van der Waals surface area contributed by atoms with E-state index in [1.807, 2.05) is 0 Å². The Hall–Kier alpha value is -0.150. The predicted octanol–water partition coefficient (Wildman–Crippen LogP) is 0.297. The Morgan fingerprint density at radius 3 is 1.60 bits per heavy atom. The second-order valence-corrected chi connectivity index (χ2v) is 2.71. The molecule has 0 unspecified atom stereocenters. The van der Waals surface area contributed by atoms with E-state index >= 15 is 0 Å². The van der Waals surface area contributed by atoms with Crippen LogP contribution in [0.5, 0.6) is 0 Å². The van der Waals surface area contributed by atoms with Crippen LogP contribution in [0.15, 0.2) is 0 Å². The Labute approximate surface area is 61.2 Å². The Morgan fingerprint density at radius 2 is 1.50 bits per heavy atom. The zero-order chi connectivity index (χ0) is 7.23. The van der Waals surface area contributed by atoms with Crippen LogP contribution in [-0.4, -0.2) is 32.4 Å². The summed E-state index contributed by atoms with van der Waals surface area (Å²) >= 11 is 0. The van der Waals surface area contributed by atoms with Crippen LogP contribution in [0.25, 0.3) is 0 Å². The van der Waals surface area contributed by atoms with Crippen LogP contribution in [0.2, 0.25) is 0 Å². The molecule has 0 aromatic heterocycles. The van der Waals surface area contributed by atoms with E-state index in [1.165, 1.54) is 25.9 Å². The van der Waals surface area contributed by atoms with Gasteiger partial charge in [-0.1, -0.05) is 0 Å². The Balaban J connectivity index is 0.0000001000. The van der Waals surface area contributed by atoms with Gasteiger partial charge in [-0.3, -0.25) is 0 Å². The molecule has 2 nitrogen and oxygen atoms in total. The maximum absolute atomic E-state index is 11.5. The highest BCUT2D eigenvalue weighted by atomic mass is 19.1. The quantitative estimate of drug-likeness (QED) is 0.513. The van der Waals surface area contributed by atoms with E-state index in [-0.39, 0.29) is 0 Å². The standard InChI is InChI=1S/C4H9N.C3H6FN/c1-2-4-5-3-1;4-3-1-5-2-3/h5H,1-4H2;3,5H,1-2H2. The monoisotopic (exact) mass is 146 g/mol. The third-order valence-corrected chi connectivity index (χ3v) is 1.69. The van der Waals surface area contributed by atoms with E-state index in [0.717, 1.165) is 0 Å². The normalized spacial score (nSPS) is 24.9. The van der Waals surface area contributed by atoms with Crippen molar-refractivity contribution in [2.75, 3.05) is 26.2 Å². The molecule has 0 aromatic carbocycles. The first-order valence-electron chi connectivity index (χ1n) is 3.95. The highest BCUT2D eigenvalue weighted by molar-refractivity contribution is 4.71. The summed E-state index contributed by atoms with van der Waals surface area (Å²) in [5, 5.41) is 6.01. The van der Waals surface area contributed by atoms with Crippen LogP contribution in [0.1, 0.15) is 12.8 Å². The second-order valence-electron chi connectivity index (χ2n) is 2.71. The van der Waals surface area contributed by atoms with Gasteiger partial charge in [0.05, 0.1) is 0 Å². The first-order chi connectivity index (χ1) is 4.89. The Bertz CT molecular complexity index is 72.1. The fraction of sp³-hybridized carbons (Fsp3) is 1.00. The van der Waals surface area contributed by atoms with E-state index in [0.29, 0.717) is 13.1 Å². The number of hydrogen-bond acceptors (Lipinski definition) is 2. The molecule has 0 bridgehead atoms. The van der Waals surface area contributed by atoms with E-state index < -0.39 is 6.17 Å². The smallest absolute Gasteiger partial charge is 0.125 e. The molecule has 0 amide bonds. The Kier molecular flexibility index (Phi) is 3.68. The summed E-state index contributed by atoms with van der Waals surface area (Å²) < 4.78 is 11.5. The van der Waals surface area contributed by atoms with E-state index in [4.69, 9.17) is 0 Å². The van der Waals surface area contributed by atoms with Gasteiger partial charge >= 0.3 is 0 Å². The van der Waals surface area contributed by atoms with Crippen molar-refractivity contribution in [3.63, 3.8) is 0 Å². The molecule has 0 atom stereocenters. The van der Waals surface area contributed by atoms with Gasteiger partial charge in [-0.25, -0.2) is 4.39 Å². The lowest BCUT2D eigenvalue weighted by Crippen LogP contribution is -2.43. The first-order valence-corrected chi connectivity index (χ1v) is 3.95. The van der Waals surface area contributed by atoms with Crippen molar-refractivity contribution in [1.29, 1.82) is 0 Å². The zero-order valence-electron chi connectivity index (χ0n) is 6.20. The van der Waals surface area contributed by atoms with E-state index in [2.05, 4.69) is 10.6 Å². The van der Waals surface area contributed by atoms with Crippen LogP contribution in [0, 0.1) is 0 Å². The average Bonchev–Trinajstić information content (AvgIpc) is 2.38. The van der Waals surface area contributed by atoms with E-state index in [1.54, 1.807) is 0 Å². The molecule has 0 aliphatic carbocycles. The molecule has 0 spiro atoms. The highest BCUT2D eigenvalue weighted by Crippen LogP contribution is 1.93. The van der Waals surface area contributed by atoms with Crippen LogP contribution in [-0.2, 0) is 0 Å². The molecule has 60 valence electrons. The number of nitrogens with one attached hydrogen (secondary N) is 2. The van der Waals surface area contributed by atoms with Gasteiger partial charge in [-0.2, -0.15) is 0 Å². The van der Waals surface area contributed by atoms with Gasteiger partial charge in [-0.05, 0) is 25.9 Å². The molecule has 2 saturated heterocycles. The van der Waals surface area contributed by atoms with Gasteiger partial charge in [0.15, 0.2) is 0 Å². The summed E-state index contributed by atoms with van der Waals surface area (Å²) in [6.07, 6.45) is 2.23. The van der Waals surface area contributed by atoms with Crippen LogP contribution in [0.3, 0.4) is 0 Å². The minimum absolute atomic E-state index is 0.546. The third kappa shape index (κ3) is 3.13. The molecular formula is C7H15FN2. The second kappa shape index (κ2) is 4.63. The molecule has 2 aliphatic heterocycles. The molecule has 2 N–H and O–H groups in total. The first kappa shape index (κ1) is 7.95. The van der Waals surface area contributed by atoms with Gasteiger partial charge in [-0.15, -0.1) is 0 Å². The SMILES string of the molecule is C1CCNC1.FC1CNC1. The minimum atomic E-state index is -0.546. The fourth-order valence-corrected chi connectivity index (χ4v) is 0.878. The number of halogens is 1. The molecule has 2 fully saturated rings. The predicted molar refractivity (Wildman–Crippen MR) is 39.9 cm³/mol. The molecule has 2 aliphatic rings. The molecule has 0 radical (unpaired) electrons. The molecule has 3 heteroatoms. The topological polar surface area (TPSA) is 24.1 Å². The average molecular weight is 146 g/mol. The van der Waals surface area contributed by atoms with Gasteiger partial charge in [0.25, 0.3) is 0 Å². The highest BCUT2D eigenvalue weighted by Gasteiger charge is 2.12. The zero-order valence-corrected chi connectivity index (χ0v) is 6.20. The fourth-order valence-electron chi connectivity index (χ4n) is 0.878. The summed E-state index contributed by atoms with van der Waals surface area (Å²) in [7, 11) is 0. The molecule has 10 heavy (non-hydrogen) atoms. The van der Waals surface area contributed by atoms with Crippen molar-refractivity contribution < 1.29 is 4.39 Å². The lowest BCUT2D eigenvalue weighted by Gasteiger charge is -2.17. The molecule has 0 saturated carbocycles. The van der Waals surface area contributed by atoms with Crippen molar-refractivity contribution >= 4 is 0 Å². The molecular weight excluding hydrogens is 131 g/mol. The minimum Gasteiger partial charge on any atom is -0.317 e. The van der Waals surface area contributed by atoms with Crippen molar-refractivity contribution in [3.05, 3.63) is 0 Å². The summed E-state index contributed by atoms with van der Waals surface area (Å²) in [6, 6.07) is 0. The lowest BCUT2D eigenvalue weighted by molar-refractivity contribution is 0.237. The van der Waals surface area contributed by atoms with E-state index in [9.17, 15) is 4.39 Å². The van der Waals surface area contributed by atoms with Gasteiger partial charge in [0.1, 0.15) is 6.17 Å². The maximum Gasteiger partial charge on any atom is 0.125 e. The summed E-state index contributed by atoms with van der Waals surface area (Å²) in [5.74, 6) is 0. The van der Waals surface area contributed by atoms with Crippen LogP contribution < -0.4 is 10.6 Å². The Morgan fingerprint density at radius 1 is 1.00 bits per heavy atom. The molecule has 0 aromatic rings. The largest absolute Gasteiger partial charge is 0.317 e. The summed E-state index contributed by atoms with van der Waals surface area (Å²) in [5.41, 5.74) is 0. The number of alkyl halides is 1. The van der Waals surface area contributed by atoms with Gasteiger partial charge in [0.2, 0.25) is 0 Å². The van der Waals surface area contributed by atoms with Gasteiger partial charge in [0, 0.05) is 13.1 Å². The van der Waals surface area contributed by atoms with Crippen molar-refractivity contribution in [2.24, 2.45) is 0 Å². The van der Waals surface area contributed by atoms with Crippen LogP contribution in [0.4, 0.5) is 4.39 Å². The summed E-state index contributed by atoms with van der Waals surface area (Å²) in [6.45, 7) is 3.64. The van der Waals surface area contributed by atoms with Crippen molar-refractivity contribution in [3.8, 4) is 0 Å².